The fraction of sp³-hybridized carbons (Fsp3) is 1.00. The Balaban J connectivity index is 1.77. The van der Waals surface area contributed by atoms with E-state index in [4.69, 9.17) is 0 Å². The van der Waals surface area contributed by atoms with Gasteiger partial charge in [0.1, 0.15) is 0 Å². The van der Waals surface area contributed by atoms with Crippen LogP contribution in [-0.4, -0.2) is 23.5 Å². The third-order valence-corrected chi connectivity index (χ3v) is 6.38. The predicted octanol–water partition coefficient (Wildman–Crippen LogP) is 4.86. The van der Waals surface area contributed by atoms with E-state index < -0.39 is 0 Å². The molecule has 0 radical (unpaired) electrons. The van der Waals surface area contributed by atoms with Crippen molar-refractivity contribution in [1.29, 1.82) is 0 Å². The molecule has 0 spiro atoms. The highest BCUT2D eigenvalue weighted by molar-refractivity contribution is 4.91. The Morgan fingerprint density at radius 2 is 1.26 bits per heavy atom. The molecule has 3 aliphatic rings. The van der Waals surface area contributed by atoms with Gasteiger partial charge in [-0.15, -0.1) is 0 Å². The van der Waals surface area contributed by atoms with Gasteiger partial charge >= 0.3 is 0 Å². The summed E-state index contributed by atoms with van der Waals surface area (Å²) in [6.07, 6.45) is 15.1. The Morgan fingerprint density at radius 3 is 2.00 bits per heavy atom. The maximum Gasteiger partial charge on any atom is 0.0126 e. The molecule has 1 heterocycles. The number of nitrogens with zero attached hydrogens (tertiary/aromatic N) is 1. The van der Waals surface area contributed by atoms with Gasteiger partial charge in [-0.25, -0.2) is 0 Å². The molecule has 1 saturated heterocycles. The smallest absolute Gasteiger partial charge is 0.0126 e. The van der Waals surface area contributed by atoms with Crippen LogP contribution in [0.3, 0.4) is 0 Å². The molecule has 0 aromatic rings. The molecule has 4 unspecified atom stereocenters. The first-order valence-electron chi connectivity index (χ1n) is 9.01. The number of fused-ring (bicyclic) bond motifs is 2. The lowest BCUT2D eigenvalue weighted by molar-refractivity contribution is 0.0133. The van der Waals surface area contributed by atoms with E-state index in [0.717, 1.165) is 29.8 Å². The molecule has 4 atom stereocenters. The molecule has 0 N–H and O–H groups in total. The lowest BCUT2D eigenvalue weighted by atomic mass is 9.70. The zero-order chi connectivity index (χ0) is 13.2. The average molecular weight is 263 g/mol. The Hall–Kier alpha value is -0.0400. The van der Waals surface area contributed by atoms with Crippen molar-refractivity contribution < 1.29 is 0 Å². The van der Waals surface area contributed by atoms with E-state index in [1.165, 1.54) is 64.3 Å². The molecule has 0 amide bonds. The second-order valence-corrected chi connectivity index (χ2v) is 7.78. The molecule has 0 aromatic heterocycles. The molecule has 110 valence electrons. The van der Waals surface area contributed by atoms with Gasteiger partial charge in [0, 0.05) is 18.6 Å². The van der Waals surface area contributed by atoms with Gasteiger partial charge in [0.15, 0.2) is 0 Å². The summed E-state index contributed by atoms with van der Waals surface area (Å²) in [7, 11) is 0. The highest BCUT2D eigenvalue weighted by Gasteiger charge is 2.37. The Kier molecular flexibility index (Phi) is 4.51. The van der Waals surface area contributed by atoms with E-state index >= 15 is 0 Å². The largest absolute Gasteiger partial charge is 0.297 e. The van der Waals surface area contributed by atoms with Gasteiger partial charge in [0.2, 0.25) is 0 Å². The maximum absolute atomic E-state index is 2.92. The van der Waals surface area contributed by atoms with Gasteiger partial charge in [0.05, 0.1) is 0 Å². The van der Waals surface area contributed by atoms with Crippen LogP contribution in [0.2, 0.25) is 0 Å². The molecule has 19 heavy (non-hydrogen) atoms. The second kappa shape index (κ2) is 6.16. The first-order valence-corrected chi connectivity index (χ1v) is 9.01. The van der Waals surface area contributed by atoms with Gasteiger partial charge in [-0.1, -0.05) is 32.1 Å². The highest BCUT2D eigenvalue weighted by atomic mass is 15.2. The van der Waals surface area contributed by atoms with Crippen molar-refractivity contribution in [3.63, 3.8) is 0 Å². The van der Waals surface area contributed by atoms with Crippen molar-refractivity contribution in [2.75, 3.05) is 6.54 Å². The van der Waals surface area contributed by atoms with Gasteiger partial charge in [0.25, 0.3) is 0 Å². The summed E-state index contributed by atoms with van der Waals surface area (Å²) >= 11 is 0. The topological polar surface area (TPSA) is 3.24 Å². The lowest BCUT2D eigenvalue weighted by Crippen LogP contribution is -2.51. The molecule has 2 saturated carbocycles. The van der Waals surface area contributed by atoms with Crippen molar-refractivity contribution in [3.8, 4) is 0 Å². The van der Waals surface area contributed by atoms with Crippen molar-refractivity contribution in [2.45, 2.75) is 90.1 Å². The van der Waals surface area contributed by atoms with Crippen LogP contribution in [0.25, 0.3) is 0 Å². The van der Waals surface area contributed by atoms with Gasteiger partial charge < -0.3 is 0 Å². The van der Waals surface area contributed by atoms with E-state index in [-0.39, 0.29) is 0 Å². The number of rotatable bonds is 1. The number of hydrogen-bond acceptors (Lipinski definition) is 1. The molecule has 0 bridgehead atoms. The third kappa shape index (κ3) is 3.01. The Bertz CT molecular complexity index is 283. The lowest BCUT2D eigenvalue weighted by Gasteiger charge is -2.48. The van der Waals surface area contributed by atoms with Crippen LogP contribution >= 0.6 is 0 Å². The van der Waals surface area contributed by atoms with Crippen LogP contribution < -0.4 is 0 Å². The van der Waals surface area contributed by atoms with Crippen molar-refractivity contribution >= 4 is 0 Å². The summed E-state index contributed by atoms with van der Waals surface area (Å²) in [4.78, 5) is 2.92. The monoisotopic (exact) mass is 263 g/mol. The first-order chi connectivity index (χ1) is 9.25. The van der Waals surface area contributed by atoms with E-state index in [0.29, 0.717) is 0 Å². The van der Waals surface area contributed by atoms with Crippen LogP contribution in [0.1, 0.15) is 78.1 Å². The summed E-state index contributed by atoms with van der Waals surface area (Å²) in [6.45, 7) is 6.29. The molecule has 1 heteroatoms. The molecule has 3 rings (SSSR count). The second-order valence-electron chi connectivity index (χ2n) is 7.78. The summed E-state index contributed by atoms with van der Waals surface area (Å²) in [6, 6.07) is 1.68. The van der Waals surface area contributed by atoms with Gasteiger partial charge in [-0.2, -0.15) is 0 Å². The summed E-state index contributed by atoms with van der Waals surface area (Å²) in [5, 5.41) is 0. The van der Waals surface area contributed by atoms with Crippen LogP contribution in [0.5, 0.6) is 0 Å². The number of hydrogen-bond donors (Lipinski definition) is 0. The minimum atomic E-state index is 0.756. The fourth-order valence-corrected chi connectivity index (χ4v) is 5.29. The summed E-state index contributed by atoms with van der Waals surface area (Å²) < 4.78 is 0. The SMILES string of the molecule is CC(C)N1CC2CCCCC2CCC2CCCCC21. The molecular weight excluding hydrogens is 230 g/mol. The van der Waals surface area contributed by atoms with Crippen molar-refractivity contribution in [2.24, 2.45) is 17.8 Å². The van der Waals surface area contributed by atoms with Crippen LogP contribution in [0, 0.1) is 17.8 Å². The minimum Gasteiger partial charge on any atom is -0.297 e. The number of likely N-dealkylation sites (tertiary alicyclic amines) is 1. The summed E-state index contributed by atoms with van der Waals surface area (Å²) in [5.41, 5.74) is 0. The zero-order valence-corrected chi connectivity index (χ0v) is 13.1. The van der Waals surface area contributed by atoms with Crippen LogP contribution in [0.15, 0.2) is 0 Å². The van der Waals surface area contributed by atoms with Gasteiger partial charge in [-0.05, 0) is 63.7 Å². The predicted molar refractivity (Wildman–Crippen MR) is 82.3 cm³/mol. The quantitative estimate of drug-likeness (QED) is 0.653. The molecule has 0 aromatic carbocycles. The van der Waals surface area contributed by atoms with Crippen molar-refractivity contribution in [3.05, 3.63) is 0 Å². The normalized spacial score (nSPS) is 41.2. The molecule has 1 nitrogen and oxygen atoms in total. The van der Waals surface area contributed by atoms with Crippen molar-refractivity contribution in [1.82, 2.24) is 4.90 Å². The Morgan fingerprint density at radius 1 is 0.684 bits per heavy atom. The standard InChI is InChI=1S/C18H33N/c1-14(2)19-13-17-9-4-3-7-15(17)11-12-16-8-5-6-10-18(16)19/h14-18H,3-13H2,1-2H3. The fourth-order valence-electron chi connectivity index (χ4n) is 5.29. The van der Waals surface area contributed by atoms with E-state index in [1.807, 2.05) is 0 Å². The first kappa shape index (κ1) is 13.9. The maximum atomic E-state index is 2.92. The molecular formula is C18H33N. The minimum absolute atomic E-state index is 0.756. The van der Waals surface area contributed by atoms with Crippen LogP contribution in [-0.2, 0) is 0 Å². The molecule has 1 aliphatic heterocycles. The molecule has 2 aliphatic carbocycles. The summed E-state index contributed by atoms with van der Waals surface area (Å²) in [5.74, 6) is 3.12. The van der Waals surface area contributed by atoms with Gasteiger partial charge in [-0.3, -0.25) is 4.90 Å². The van der Waals surface area contributed by atoms with Crippen LogP contribution in [0.4, 0.5) is 0 Å². The average Bonchev–Trinajstić information content (AvgIpc) is 2.41. The molecule has 3 fully saturated rings. The highest BCUT2D eigenvalue weighted by Crippen LogP contribution is 2.42. The van der Waals surface area contributed by atoms with E-state index in [9.17, 15) is 0 Å². The van der Waals surface area contributed by atoms with E-state index in [2.05, 4.69) is 18.7 Å². The Labute approximate surface area is 120 Å². The third-order valence-electron chi connectivity index (χ3n) is 6.38. The van der Waals surface area contributed by atoms with E-state index in [1.54, 1.807) is 6.42 Å². The zero-order valence-electron chi connectivity index (χ0n) is 13.1.